The first-order chi connectivity index (χ1) is 16.7. The number of halogens is 2. The number of carbonyl (C=O) groups excluding carboxylic acids is 1. The molecular weight excluding hydrogens is 578 g/mol. The van der Waals surface area contributed by atoms with E-state index in [4.69, 9.17) is 19.0 Å². The summed E-state index contributed by atoms with van der Waals surface area (Å²) in [6.45, 7) is 5.22. The third-order valence-electron chi connectivity index (χ3n) is 4.98. The van der Waals surface area contributed by atoms with Gasteiger partial charge in [-0.1, -0.05) is 35.5 Å². The molecule has 0 aromatic heterocycles. The van der Waals surface area contributed by atoms with Gasteiger partial charge in [0.1, 0.15) is 11.5 Å². The molecule has 0 aliphatic heterocycles. The number of hydrogen-bond donors (Lipinski definition) is 0. The SMILES string of the molecule is CCOC(=O)C(C)(C)ON=Cc1cc(Br)c(Oc2ccc(OC)c(Cc3ccccc3)c2)c(Br)c1. The number of benzene rings is 3. The summed E-state index contributed by atoms with van der Waals surface area (Å²) >= 11 is 7.15. The Morgan fingerprint density at radius 3 is 2.34 bits per heavy atom. The van der Waals surface area contributed by atoms with Crippen molar-refractivity contribution in [3.63, 3.8) is 0 Å². The number of rotatable bonds is 10. The third kappa shape index (κ3) is 7.32. The number of ether oxygens (including phenoxy) is 3. The summed E-state index contributed by atoms with van der Waals surface area (Å²) in [4.78, 5) is 17.3. The van der Waals surface area contributed by atoms with Gasteiger partial charge in [0.2, 0.25) is 5.60 Å². The Labute approximate surface area is 222 Å². The quantitative estimate of drug-likeness (QED) is 0.138. The van der Waals surface area contributed by atoms with E-state index in [-0.39, 0.29) is 6.61 Å². The molecule has 35 heavy (non-hydrogen) atoms. The van der Waals surface area contributed by atoms with Crippen LogP contribution in [0.2, 0.25) is 0 Å². The number of carbonyl (C=O) groups is 1. The molecule has 0 unspecified atom stereocenters. The Balaban J connectivity index is 1.77. The van der Waals surface area contributed by atoms with Crippen molar-refractivity contribution in [2.75, 3.05) is 13.7 Å². The zero-order valence-corrected chi connectivity index (χ0v) is 23.2. The van der Waals surface area contributed by atoms with E-state index in [0.717, 1.165) is 32.2 Å². The lowest BCUT2D eigenvalue weighted by Gasteiger charge is -2.19. The molecule has 0 spiro atoms. The van der Waals surface area contributed by atoms with E-state index in [2.05, 4.69) is 49.1 Å². The molecule has 184 valence electrons. The molecule has 3 aromatic carbocycles. The van der Waals surface area contributed by atoms with Gasteiger partial charge in [-0.3, -0.25) is 0 Å². The lowest BCUT2D eigenvalue weighted by molar-refractivity contribution is -0.167. The minimum atomic E-state index is -1.18. The van der Waals surface area contributed by atoms with Gasteiger partial charge in [0.05, 0.1) is 28.9 Å². The van der Waals surface area contributed by atoms with Crippen LogP contribution in [0.3, 0.4) is 0 Å². The van der Waals surface area contributed by atoms with Crippen LogP contribution in [0, 0.1) is 0 Å². The largest absolute Gasteiger partial charge is 0.496 e. The Kier molecular flexibility index (Phi) is 9.34. The summed E-state index contributed by atoms with van der Waals surface area (Å²) in [5, 5.41) is 3.96. The maximum atomic E-state index is 11.9. The van der Waals surface area contributed by atoms with E-state index in [1.54, 1.807) is 27.9 Å². The fraction of sp³-hybridized carbons (Fsp3) is 0.259. The molecule has 0 amide bonds. The van der Waals surface area contributed by atoms with Crippen molar-refractivity contribution < 1.29 is 23.8 Å². The minimum absolute atomic E-state index is 0.276. The second-order valence-corrected chi connectivity index (χ2v) is 9.82. The average Bonchev–Trinajstić information content (AvgIpc) is 2.82. The maximum Gasteiger partial charge on any atom is 0.352 e. The minimum Gasteiger partial charge on any atom is -0.496 e. The third-order valence-corrected chi connectivity index (χ3v) is 6.16. The van der Waals surface area contributed by atoms with E-state index in [1.165, 1.54) is 11.8 Å². The molecule has 0 radical (unpaired) electrons. The highest BCUT2D eigenvalue weighted by atomic mass is 79.9. The monoisotopic (exact) mass is 603 g/mol. The second kappa shape index (κ2) is 12.2. The van der Waals surface area contributed by atoms with Crippen LogP contribution in [-0.2, 0) is 20.8 Å². The molecule has 0 saturated carbocycles. The number of methoxy groups -OCH3 is 1. The first kappa shape index (κ1) is 26.8. The highest BCUT2D eigenvalue weighted by molar-refractivity contribution is 9.11. The number of hydrogen-bond acceptors (Lipinski definition) is 6. The van der Waals surface area contributed by atoms with Crippen molar-refractivity contribution >= 4 is 44.0 Å². The van der Waals surface area contributed by atoms with E-state index >= 15 is 0 Å². The van der Waals surface area contributed by atoms with Gasteiger partial charge in [-0.25, -0.2) is 4.79 Å². The van der Waals surface area contributed by atoms with Crippen molar-refractivity contribution in [3.05, 3.63) is 86.3 Å². The van der Waals surface area contributed by atoms with Crippen LogP contribution >= 0.6 is 31.9 Å². The van der Waals surface area contributed by atoms with Crippen molar-refractivity contribution in [1.29, 1.82) is 0 Å². The first-order valence-corrected chi connectivity index (χ1v) is 12.6. The lowest BCUT2D eigenvalue weighted by Crippen LogP contribution is -2.35. The van der Waals surface area contributed by atoms with Gasteiger partial charge in [0, 0.05) is 12.0 Å². The van der Waals surface area contributed by atoms with E-state index in [0.29, 0.717) is 11.5 Å². The van der Waals surface area contributed by atoms with Gasteiger partial charge in [0.25, 0.3) is 0 Å². The topological polar surface area (TPSA) is 66.4 Å². The molecule has 3 aromatic rings. The Hall–Kier alpha value is -2.84. The van der Waals surface area contributed by atoms with Gasteiger partial charge in [-0.05, 0) is 94.1 Å². The van der Waals surface area contributed by atoms with Crippen molar-refractivity contribution in [2.24, 2.45) is 5.16 Å². The normalized spacial score (nSPS) is 11.4. The summed E-state index contributed by atoms with van der Waals surface area (Å²) in [6, 6.07) is 19.6. The smallest absolute Gasteiger partial charge is 0.352 e. The lowest BCUT2D eigenvalue weighted by atomic mass is 10.0. The van der Waals surface area contributed by atoms with Crippen molar-refractivity contribution in [2.45, 2.75) is 32.8 Å². The Morgan fingerprint density at radius 2 is 1.71 bits per heavy atom. The number of esters is 1. The summed E-state index contributed by atoms with van der Waals surface area (Å²) in [5.74, 6) is 1.62. The average molecular weight is 605 g/mol. The number of oxime groups is 1. The molecule has 0 aliphatic rings. The number of nitrogens with zero attached hydrogens (tertiary/aromatic N) is 1. The Bertz CT molecular complexity index is 1170. The standard InChI is InChI=1S/C27H27Br2NO5/c1-5-33-26(31)27(2,3)35-30-17-19-14-22(28)25(23(29)15-19)34-21-11-12-24(32-4)20(16-21)13-18-9-7-6-8-10-18/h6-12,14-17H,5,13H2,1-4H3. The van der Waals surface area contributed by atoms with E-state index in [1.807, 2.05) is 48.5 Å². The first-order valence-electron chi connectivity index (χ1n) is 11.0. The fourth-order valence-corrected chi connectivity index (χ4v) is 4.59. The van der Waals surface area contributed by atoms with Crippen molar-refractivity contribution in [1.82, 2.24) is 0 Å². The molecule has 0 fully saturated rings. The molecule has 6 nitrogen and oxygen atoms in total. The summed E-state index contributed by atoms with van der Waals surface area (Å²) < 4.78 is 18.2. The molecule has 0 heterocycles. The molecule has 0 atom stereocenters. The zero-order valence-electron chi connectivity index (χ0n) is 20.0. The van der Waals surface area contributed by atoms with Crippen LogP contribution < -0.4 is 9.47 Å². The van der Waals surface area contributed by atoms with Crippen LogP contribution in [-0.4, -0.2) is 31.5 Å². The molecule has 3 rings (SSSR count). The van der Waals surface area contributed by atoms with Crippen molar-refractivity contribution in [3.8, 4) is 17.2 Å². The van der Waals surface area contributed by atoms with Gasteiger partial charge in [-0.2, -0.15) is 0 Å². The molecule has 0 aliphatic carbocycles. The van der Waals surface area contributed by atoms with Crippen LogP contribution in [0.25, 0.3) is 0 Å². The summed E-state index contributed by atoms with van der Waals surface area (Å²) in [5.41, 5.74) is 1.77. The molecule has 8 heteroatoms. The summed E-state index contributed by atoms with van der Waals surface area (Å²) in [6.07, 6.45) is 2.24. The fourth-order valence-electron chi connectivity index (χ4n) is 3.20. The molecule has 0 saturated heterocycles. The molecule has 0 bridgehead atoms. The van der Waals surface area contributed by atoms with Gasteiger partial charge < -0.3 is 19.0 Å². The van der Waals surface area contributed by atoms with Crippen LogP contribution in [0.4, 0.5) is 0 Å². The van der Waals surface area contributed by atoms with Crippen LogP contribution in [0.15, 0.2) is 74.8 Å². The highest BCUT2D eigenvalue weighted by Gasteiger charge is 2.31. The second-order valence-electron chi connectivity index (χ2n) is 8.11. The van der Waals surface area contributed by atoms with Gasteiger partial charge >= 0.3 is 5.97 Å². The highest BCUT2D eigenvalue weighted by Crippen LogP contribution is 2.39. The zero-order chi connectivity index (χ0) is 25.4. The summed E-state index contributed by atoms with van der Waals surface area (Å²) in [7, 11) is 1.66. The van der Waals surface area contributed by atoms with Crippen LogP contribution in [0.5, 0.6) is 17.2 Å². The van der Waals surface area contributed by atoms with Crippen LogP contribution in [0.1, 0.15) is 37.5 Å². The predicted molar refractivity (Wildman–Crippen MR) is 144 cm³/mol. The molecular formula is C27H27Br2NO5. The maximum absolute atomic E-state index is 11.9. The predicted octanol–water partition coefficient (Wildman–Crippen LogP) is 7.30. The van der Waals surface area contributed by atoms with Gasteiger partial charge in [-0.15, -0.1) is 0 Å². The van der Waals surface area contributed by atoms with E-state index in [9.17, 15) is 4.79 Å². The Morgan fingerprint density at radius 1 is 1.03 bits per heavy atom. The molecule has 0 N–H and O–H groups in total. The van der Waals surface area contributed by atoms with E-state index < -0.39 is 11.6 Å². The van der Waals surface area contributed by atoms with Gasteiger partial charge in [0.15, 0.2) is 5.75 Å².